The van der Waals surface area contributed by atoms with Crippen LogP contribution in [0, 0.1) is 5.92 Å². The largest absolute Gasteiger partial charge is 0.383 e. The van der Waals surface area contributed by atoms with E-state index in [4.69, 9.17) is 0 Å². The third kappa shape index (κ3) is 3.67. The van der Waals surface area contributed by atoms with E-state index in [1.807, 2.05) is 6.92 Å². The first-order valence-corrected chi connectivity index (χ1v) is 8.30. The Morgan fingerprint density at radius 2 is 2.21 bits per heavy atom. The first kappa shape index (κ1) is 14.3. The SMILES string of the molecule is CCNc1cccnc1S(=O)(=O)NCCC1CCC1. The van der Waals surface area contributed by atoms with Gasteiger partial charge in [-0.2, -0.15) is 0 Å². The molecule has 1 aromatic heterocycles. The molecule has 0 saturated heterocycles. The number of aromatic nitrogens is 1. The fraction of sp³-hybridized carbons (Fsp3) is 0.615. The molecule has 1 aromatic rings. The van der Waals surface area contributed by atoms with Gasteiger partial charge in [0.2, 0.25) is 0 Å². The Bertz CT molecular complexity index is 512. The number of anilines is 1. The van der Waals surface area contributed by atoms with Gasteiger partial charge in [0.15, 0.2) is 5.03 Å². The predicted octanol–water partition coefficient (Wildman–Crippen LogP) is 1.98. The van der Waals surface area contributed by atoms with Gasteiger partial charge in [0, 0.05) is 19.3 Å². The molecule has 1 aliphatic carbocycles. The Morgan fingerprint density at radius 3 is 2.84 bits per heavy atom. The number of nitrogens with zero attached hydrogens (tertiary/aromatic N) is 1. The Balaban J connectivity index is 2.01. The minimum Gasteiger partial charge on any atom is -0.383 e. The normalized spacial score (nSPS) is 16.1. The summed E-state index contributed by atoms with van der Waals surface area (Å²) in [4.78, 5) is 3.99. The van der Waals surface area contributed by atoms with Crippen LogP contribution in [0.25, 0.3) is 0 Å². The molecule has 0 aliphatic heterocycles. The van der Waals surface area contributed by atoms with Crippen molar-refractivity contribution in [3.05, 3.63) is 18.3 Å². The third-order valence-electron chi connectivity index (χ3n) is 3.46. The predicted molar refractivity (Wildman–Crippen MR) is 75.5 cm³/mol. The fourth-order valence-electron chi connectivity index (χ4n) is 2.18. The number of hydrogen-bond donors (Lipinski definition) is 2. The topological polar surface area (TPSA) is 71.1 Å². The van der Waals surface area contributed by atoms with Gasteiger partial charge in [0.1, 0.15) is 0 Å². The average Bonchev–Trinajstić information content (AvgIpc) is 2.33. The molecule has 0 radical (unpaired) electrons. The van der Waals surface area contributed by atoms with Gasteiger partial charge in [-0.15, -0.1) is 0 Å². The molecule has 0 aromatic carbocycles. The van der Waals surface area contributed by atoms with Crippen LogP contribution in [0.1, 0.15) is 32.6 Å². The van der Waals surface area contributed by atoms with Gasteiger partial charge in [0.25, 0.3) is 10.0 Å². The van der Waals surface area contributed by atoms with Crippen molar-refractivity contribution in [1.82, 2.24) is 9.71 Å². The van der Waals surface area contributed by atoms with Crippen LogP contribution in [0.2, 0.25) is 0 Å². The zero-order valence-electron chi connectivity index (χ0n) is 11.2. The number of sulfonamides is 1. The van der Waals surface area contributed by atoms with Crippen molar-refractivity contribution >= 4 is 15.7 Å². The highest BCUT2D eigenvalue weighted by atomic mass is 32.2. The van der Waals surface area contributed by atoms with Crippen molar-refractivity contribution in [3.63, 3.8) is 0 Å². The Kier molecular flexibility index (Phi) is 4.76. The molecule has 0 spiro atoms. The lowest BCUT2D eigenvalue weighted by Crippen LogP contribution is -2.28. The maximum Gasteiger partial charge on any atom is 0.260 e. The summed E-state index contributed by atoms with van der Waals surface area (Å²) in [6, 6.07) is 3.46. The van der Waals surface area contributed by atoms with Crippen LogP contribution >= 0.6 is 0 Å². The molecule has 2 N–H and O–H groups in total. The van der Waals surface area contributed by atoms with Gasteiger partial charge in [-0.25, -0.2) is 18.1 Å². The van der Waals surface area contributed by atoms with E-state index in [1.54, 1.807) is 12.1 Å². The summed E-state index contributed by atoms with van der Waals surface area (Å²) in [5, 5.41) is 3.11. The molecule has 1 fully saturated rings. The lowest BCUT2D eigenvalue weighted by Gasteiger charge is -2.25. The molecule has 19 heavy (non-hydrogen) atoms. The van der Waals surface area contributed by atoms with Crippen molar-refractivity contribution < 1.29 is 8.42 Å². The molecule has 1 saturated carbocycles. The molecule has 1 aliphatic rings. The summed E-state index contributed by atoms with van der Waals surface area (Å²) in [5.74, 6) is 0.694. The highest BCUT2D eigenvalue weighted by Crippen LogP contribution is 2.29. The Hall–Kier alpha value is -1.14. The van der Waals surface area contributed by atoms with Crippen LogP contribution in [0.5, 0.6) is 0 Å². The number of hydrogen-bond acceptors (Lipinski definition) is 4. The zero-order chi connectivity index (χ0) is 13.7. The lowest BCUT2D eigenvalue weighted by molar-refractivity contribution is 0.297. The fourth-order valence-corrected chi connectivity index (χ4v) is 3.33. The lowest BCUT2D eigenvalue weighted by atomic mass is 9.83. The molecule has 0 amide bonds. The second-order valence-electron chi connectivity index (χ2n) is 4.87. The molecular formula is C13H21N3O2S. The summed E-state index contributed by atoms with van der Waals surface area (Å²) < 4.78 is 27.0. The third-order valence-corrected chi connectivity index (χ3v) is 4.88. The second-order valence-corrected chi connectivity index (χ2v) is 6.55. The number of nitrogens with one attached hydrogen (secondary N) is 2. The van der Waals surface area contributed by atoms with E-state index < -0.39 is 10.0 Å². The van der Waals surface area contributed by atoms with Gasteiger partial charge >= 0.3 is 0 Å². The molecule has 6 heteroatoms. The quantitative estimate of drug-likeness (QED) is 0.802. The maximum atomic E-state index is 12.2. The monoisotopic (exact) mass is 283 g/mol. The van der Waals surface area contributed by atoms with Crippen molar-refractivity contribution in [2.45, 2.75) is 37.6 Å². The van der Waals surface area contributed by atoms with Crippen LogP contribution in [0.15, 0.2) is 23.4 Å². The molecule has 106 valence electrons. The Labute approximate surface area is 114 Å². The van der Waals surface area contributed by atoms with Gasteiger partial charge in [0.05, 0.1) is 5.69 Å². The molecule has 0 bridgehead atoms. The summed E-state index contributed by atoms with van der Waals surface area (Å²) in [6.45, 7) is 3.08. The van der Waals surface area contributed by atoms with E-state index in [-0.39, 0.29) is 5.03 Å². The Morgan fingerprint density at radius 1 is 1.42 bits per heavy atom. The summed E-state index contributed by atoms with van der Waals surface area (Å²) in [7, 11) is -3.52. The highest BCUT2D eigenvalue weighted by molar-refractivity contribution is 7.89. The van der Waals surface area contributed by atoms with Crippen molar-refractivity contribution in [3.8, 4) is 0 Å². The van der Waals surface area contributed by atoms with E-state index in [9.17, 15) is 8.42 Å². The van der Waals surface area contributed by atoms with E-state index >= 15 is 0 Å². The van der Waals surface area contributed by atoms with E-state index in [0.717, 1.165) is 6.42 Å². The van der Waals surface area contributed by atoms with Crippen LogP contribution in [-0.2, 0) is 10.0 Å². The zero-order valence-corrected chi connectivity index (χ0v) is 12.0. The summed E-state index contributed by atoms with van der Waals surface area (Å²) >= 11 is 0. The molecule has 0 unspecified atom stereocenters. The van der Waals surface area contributed by atoms with Crippen molar-refractivity contribution in [1.29, 1.82) is 0 Å². The minimum atomic E-state index is -3.52. The van der Waals surface area contributed by atoms with E-state index in [1.165, 1.54) is 25.5 Å². The first-order valence-electron chi connectivity index (χ1n) is 6.82. The van der Waals surface area contributed by atoms with E-state index in [2.05, 4.69) is 15.0 Å². The van der Waals surface area contributed by atoms with Crippen LogP contribution in [0.3, 0.4) is 0 Å². The number of pyridine rings is 1. The van der Waals surface area contributed by atoms with Crippen molar-refractivity contribution in [2.24, 2.45) is 5.92 Å². The number of rotatable bonds is 7. The highest BCUT2D eigenvalue weighted by Gasteiger charge is 2.21. The smallest absolute Gasteiger partial charge is 0.260 e. The minimum absolute atomic E-state index is 0.0884. The van der Waals surface area contributed by atoms with Gasteiger partial charge < -0.3 is 5.32 Å². The van der Waals surface area contributed by atoms with Crippen molar-refractivity contribution in [2.75, 3.05) is 18.4 Å². The van der Waals surface area contributed by atoms with Crippen LogP contribution < -0.4 is 10.0 Å². The maximum absolute atomic E-state index is 12.2. The average molecular weight is 283 g/mol. The van der Waals surface area contributed by atoms with Gasteiger partial charge in [-0.05, 0) is 31.4 Å². The second kappa shape index (κ2) is 6.34. The van der Waals surface area contributed by atoms with Crippen LogP contribution in [-0.4, -0.2) is 26.5 Å². The molecular weight excluding hydrogens is 262 g/mol. The molecule has 0 atom stereocenters. The first-order chi connectivity index (χ1) is 9.13. The van der Waals surface area contributed by atoms with Gasteiger partial charge in [-0.3, -0.25) is 0 Å². The molecule has 5 nitrogen and oxygen atoms in total. The van der Waals surface area contributed by atoms with E-state index in [0.29, 0.717) is 24.7 Å². The standard InChI is InChI=1S/C13H21N3O2S/c1-2-14-12-7-4-9-15-13(12)19(17,18)16-10-8-11-5-3-6-11/h4,7,9,11,14,16H,2-3,5-6,8,10H2,1H3. The van der Waals surface area contributed by atoms with Gasteiger partial charge in [-0.1, -0.05) is 19.3 Å². The summed E-state index contributed by atoms with van der Waals surface area (Å²) in [5.41, 5.74) is 0.557. The molecule has 1 heterocycles. The molecule has 2 rings (SSSR count). The van der Waals surface area contributed by atoms with Crippen LogP contribution in [0.4, 0.5) is 5.69 Å². The summed E-state index contributed by atoms with van der Waals surface area (Å²) in [6.07, 6.45) is 6.16.